The molecule has 2 heterocycles. The van der Waals surface area contributed by atoms with E-state index in [0.29, 0.717) is 0 Å². The highest BCUT2D eigenvalue weighted by Crippen LogP contribution is 2.25. The van der Waals surface area contributed by atoms with Gasteiger partial charge < -0.3 is 0 Å². The molecule has 84 valence electrons. The zero-order valence-corrected chi connectivity index (χ0v) is 11.7. The van der Waals surface area contributed by atoms with E-state index >= 15 is 0 Å². The Bertz CT molecular complexity index is 307. The third-order valence-corrected chi connectivity index (χ3v) is 4.98. The van der Waals surface area contributed by atoms with E-state index in [1.165, 1.54) is 34.6 Å². The zero-order valence-electron chi connectivity index (χ0n) is 8.59. The minimum Gasteiger partial charge on any atom is -0.298 e. The van der Waals surface area contributed by atoms with Gasteiger partial charge in [0.05, 0.1) is 3.79 Å². The minimum absolute atomic E-state index is 0.748. The van der Waals surface area contributed by atoms with Crippen molar-refractivity contribution >= 4 is 38.9 Å². The van der Waals surface area contributed by atoms with Crippen molar-refractivity contribution in [3.8, 4) is 0 Å². The van der Waals surface area contributed by atoms with Gasteiger partial charge in [0.2, 0.25) is 0 Å². The number of thiophene rings is 1. The number of hydrogen-bond donors (Lipinski definition) is 0. The maximum Gasteiger partial charge on any atom is 0.0701 e. The van der Waals surface area contributed by atoms with Gasteiger partial charge in [-0.1, -0.05) is 0 Å². The summed E-state index contributed by atoms with van der Waals surface area (Å²) >= 11 is 11.2. The van der Waals surface area contributed by atoms with Crippen LogP contribution in [-0.4, -0.2) is 23.9 Å². The van der Waals surface area contributed by atoms with Crippen LogP contribution in [0, 0.1) is 5.92 Å². The molecule has 0 aromatic carbocycles. The van der Waals surface area contributed by atoms with Gasteiger partial charge in [0.25, 0.3) is 0 Å². The van der Waals surface area contributed by atoms with E-state index in [1.807, 2.05) is 11.3 Å². The highest BCUT2D eigenvalue weighted by Gasteiger charge is 2.18. The monoisotopic (exact) mass is 307 g/mol. The quantitative estimate of drug-likeness (QED) is 0.764. The molecule has 0 amide bonds. The van der Waals surface area contributed by atoms with E-state index in [2.05, 4.69) is 33.0 Å². The van der Waals surface area contributed by atoms with Crippen LogP contribution in [0.3, 0.4) is 0 Å². The molecule has 0 spiro atoms. The lowest BCUT2D eigenvalue weighted by Gasteiger charge is -2.30. The normalized spacial score (nSPS) is 19.6. The van der Waals surface area contributed by atoms with Crippen LogP contribution in [0.2, 0.25) is 0 Å². The number of halogens is 2. The molecule has 1 saturated heterocycles. The van der Waals surface area contributed by atoms with Crippen LogP contribution in [0.5, 0.6) is 0 Å². The molecule has 0 radical (unpaired) electrons. The lowest BCUT2D eigenvalue weighted by atomic mass is 9.99. The van der Waals surface area contributed by atoms with Crippen molar-refractivity contribution in [3.05, 3.63) is 20.8 Å². The Balaban J connectivity index is 1.82. The van der Waals surface area contributed by atoms with Crippen LogP contribution in [0.25, 0.3) is 0 Å². The molecule has 0 aliphatic carbocycles. The standard InChI is InChI=1S/C11H15BrClNS/c12-11-2-1-10(15-11)8-14-5-3-9(7-13)4-6-14/h1-2,9H,3-8H2. The van der Waals surface area contributed by atoms with E-state index in [4.69, 9.17) is 11.6 Å². The number of rotatable bonds is 3. The molecule has 0 atom stereocenters. The van der Waals surface area contributed by atoms with Gasteiger partial charge in [-0.2, -0.15) is 0 Å². The molecule has 1 nitrogen and oxygen atoms in total. The second-order valence-corrected chi connectivity index (χ2v) is 6.94. The molecule has 0 bridgehead atoms. The van der Waals surface area contributed by atoms with E-state index in [0.717, 1.165) is 18.3 Å². The van der Waals surface area contributed by atoms with Crippen molar-refractivity contribution in [2.75, 3.05) is 19.0 Å². The summed E-state index contributed by atoms with van der Waals surface area (Å²) in [4.78, 5) is 3.98. The first-order valence-electron chi connectivity index (χ1n) is 5.30. The van der Waals surface area contributed by atoms with E-state index in [-0.39, 0.29) is 0 Å². The molecule has 1 aliphatic rings. The maximum atomic E-state index is 5.87. The summed E-state index contributed by atoms with van der Waals surface area (Å²) in [6, 6.07) is 4.34. The molecular weight excluding hydrogens is 294 g/mol. The smallest absolute Gasteiger partial charge is 0.0701 e. The summed E-state index contributed by atoms with van der Waals surface area (Å²) in [6.45, 7) is 3.51. The number of hydrogen-bond acceptors (Lipinski definition) is 2. The van der Waals surface area contributed by atoms with Crippen molar-refractivity contribution in [2.45, 2.75) is 19.4 Å². The molecule has 0 saturated carbocycles. The van der Waals surface area contributed by atoms with Crippen LogP contribution in [-0.2, 0) is 6.54 Å². The van der Waals surface area contributed by atoms with Crippen LogP contribution < -0.4 is 0 Å². The lowest BCUT2D eigenvalue weighted by molar-refractivity contribution is 0.188. The maximum absolute atomic E-state index is 5.87. The first-order valence-corrected chi connectivity index (χ1v) is 7.45. The van der Waals surface area contributed by atoms with E-state index in [1.54, 1.807) is 0 Å². The van der Waals surface area contributed by atoms with Gasteiger partial charge in [-0.15, -0.1) is 22.9 Å². The largest absolute Gasteiger partial charge is 0.298 e. The SMILES string of the molecule is ClCC1CCN(Cc2ccc(Br)s2)CC1. The number of nitrogens with zero attached hydrogens (tertiary/aromatic N) is 1. The average molecular weight is 309 g/mol. The fraction of sp³-hybridized carbons (Fsp3) is 0.636. The molecule has 1 aliphatic heterocycles. The van der Waals surface area contributed by atoms with Crippen LogP contribution >= 0.6 is 38.9 Å². The van der Waals surface area contributed by atoms with Crippen LogP contribution in [0.1, 0.15) is 17.7 Å². The summed E-state index contributed by atoms with van der Waals surface area (Å²) < 4.78 is 1.23. The summed E-state index contributed by atoms with van der Waals surface area (Å²) in [6.07, 6.45) is 2.52. The Hall–Kier alpha value is 0.430. The van der Waals surface area contributed by atoms with Crippen molar-refractivity contribution in [2.24, 2.45) is 5.92 Å². The fourth-order valence-corrected chi connectivity index (χ4v) is 3.79. The molecule has 15 heavy (non-hydrogen) atoms. The average Bonchev–Trinajstić information content (AvgIpc) is 2.65. The van der Waals surface area contributed by atoms with Crippen molar-refractivity contribution in [1.29, 1.82) is 0 Å². The third-order valence-electron chi connectivity index (χ3n) is 2.93. The molecule has 0 N–H and O–H groups in total. The van der Waals surface area contributed by atoms with Crippen molar-refractivity contribution in [1.82, 2.24) is 4.90 Å². The first kappa shape index (κ1) is 11.9. The van der Waals surface area contributed by atoms with Gasteiger partial charge in [0.1, 0.15) is 0 Å². The summed E-state index contributed by atoms with van der Waals surface area (Å²) in [5.74, 6) is 1.58. The second-order valence-electron chi connectivity index (χ2n) is 4.08. The van der Waals surface area contributed by atoms with Gasteiger partial charge in [-0.05, 0) is 59.9 Å². The Kier molecular flexibility index (Phi) is 4.50. The molecule has 0 unspecified atom stereocenters. The predicted octanol–water partition coefficient (Wildman–Crippen LogP) is 3.96. The van der Waals surface area contributed by atoms with Gasteiger partial charge in [0.15, 0.2) is 0 Å². The Labute approximate surface area is 109 Å². The second kappa shape index (κ2) is 5.67. The Morgan fingerprint density at radius 2 is 2.13 bits per heavy atom. The Morgan fingerprint density at radius 1 is 1.40 bits per heavy atom. The minimum atomic E-state index is 0.748. The van der Waals surface area contributed by atoms with Crippen LogP contribution in [0.4, 0.5) is 0 Å². The Morgan fingerprint density at radius 3 is 2.67 bits per heavy atom. The summed E-state index contributed by atoms with van der Waals surface area (Å²) in [5.41, 5.74) is 0. The van der Waals surface area contributed by atoms with Crippen LogP contribution in [0.15, 0.2) is 15.9 Å². The highest BCUT2D eigenvalue weighted by atomic mass is 79.9. The summed E-state index contributed by atoms with van der Waals surface area (Å²) in [5, 5.41) is 0. The number of alkyl halides is 1. The topological polar surface area (TPSA) is 3.24 Å². The van der Waals surface area contributed by atoms with Crippen molar-refractivity contribution < 1.29 is 0 Å². The van der Waals surface area contributed by atoms with Gasteiger partial charge in [-0.3, -0.25) is 4.90 Å². The first-order chi connectivity index (χ1) is 7.28. The van der Waals surface area contributed by atoms with Gasteiger partial charge >= 0.3 is 0 Å². The summed E-state index contributed by atoms with van der Waals surface area (Å²) in [7, 11) is 0. The van der Waals surface area contributed by atoms with E-state index < -0.39 is 0 Å². The highest BCUT2D eigenvalue weighted by molar-refractivity contribution is 9.11. The molecule has 1 aromatic heterocycles. The van der Waals surface area contributed by atoms with Gasteiger partial charge in [0, 0.05) is 17.3 Å². The number of likely N-dealkylation sites (tertiary alicyclic amines) is 1. The molecule has 1 fully saturated rings. The third kappa shape index (κ3) is 3.45. The zero-order chi connectivity index (χ0) is 10.7. The number of piperidine rings is 1. The lowest BCUT2D eigenvalue weighted by Crippen LogP contribution is -2.33. The van der Waals surface area contributed by atoms with Crippen molar-refractivity contribution in [3.63, 3.8) is 0 Å². The molecule has 1 aromatic rings. The molecule has 4 heteroatoms. The van der Waals surface area contributed by atoms with Gasteiger partial charge in [-0.25, -0.2) is 0 Å². The fourth-order valence-electron chi connectivity index (χ4n) is 1.96. The van der Waals surface area contributed by atoms with E-state index in [9.17, 15) is 0 Å². The predicted molar refractivity (Wildman–Crippen MR) is 70.7 cm³/mol. The molecular formula is C11H15BrClNS. The molecule has 2 rings (SSSR count).